The highest BCUT2D eigenvalue weighted by molar-refractivity contribution is 5.95. The zero-order valence-corrected chi connectivity index (χ0v) is 13.7. The van der Waals surface area contributed by atoms with Gasteiger partial charge in [0.15, 0.2) is 6.10 Å². The molecule has 22 heavy (non-hydrogen) atoms. The van der Waals surface area contributed by atoms with Crippen LogP contribution in [0.15, 0.2) is 30.3 Å². The van der Waals surface area contributed by atoms with Crippen molar-refractivity contribution in [1.29, 1.82) is 0 Å². The number of aryl methyl sites for hydroxylation is 4. The average Bonchev–Trinajstić information content (AvgIpc) is 2.42. The number of aromatic nitrogens is 1. The second kappa shape index (κ2) is 6.60. The highest BCUT2D eigenvalue weighted by atomic mass is 16.5. The Morgan fingerprint density at radius 3 is 2.55 bits per heavy atom. The molecule has 1 aromatic carbocycles. The SMILES string of the molecule is Cc1cccc(OC(C)C(=O)Nc2c(C)cc(C)nc2C)c1. The number of rotatable bonds is 4. The number of amides is 1. The van der Waals surface area contributed by atoms with Crippen molar-refractivity contribution in [3.05, 3.63) is 52.8 Å². The maximum atomic E-state index is 12.3. The Balaban J connectivity index is 2.09. The Bertz CT molecular complexity index is 672. The minimum absolute atomic E-state index is 0.182. The molecule has 1 unspecified atom stereocenters. The summed E-state index contributed by atoms with van der Waals surface area (Å²) in [7, 11) is 0. The summed E-state index contributed by atoms with van der Waals surface area (Å²) < 4.78 is 5.70. The quantitative estimate of drug-likeness (QED) is 0.936. The zero-order valence-electron chi connectivity index (χ0n) is 13.7. The van der Waals surface area contributed by atoms with E-state index in [4.69, 9.17) is 4.74 Å². The van der Waals surface area contributed by atoms with E-state index in [-0.39, 0.29) is 5.91 Å². The fourth-order valence-electron chi connectivity index (χ4n) is 2.38. The van der Waals surface area contributed by atoms with Crippen LogP contribution in [-0.4, -0.2) is 17.0 Å². The van der Waals surface area contributed by atoms with E-state index in [1.807, 2.05) is 58.0 Å². The summed E-state index contributed by atoms with van der Waals surface area (Å²) in [5.41, 5.74) is 4.61. The third kappa shape index (κ3) is 3.85. The number of benzene rings is 1. The highest BCUT2D eigenvalue weighted by Gasteiger charge is 2.17. The zero-order chi connectivity index (χ0) is 16.3. The summed E-state index contributed by atoms with van der Waals surface area (Å²) in [6.45, 7) is 9.52. The number of nitrogens with zero attached hydrogens (tertiary/aromatic N) is 1. The van der Waals surface area contributed by atoms with E-state index in [0.29, 0.717) is 5.75 Å². The van der Waals surface area contributed by atoms with Crippen molar-refractivity contribution in [2.75, 3.05) is 5.32 Å². The first-order valence-corrected chi connectivity index (χ1v) is 7.36. The standard InChI is InChI=1S/C18H22N2O2/c1-11-7-6-8-16(9-11)22-15(5)18(21)20-17-12(2)10-13(3)19-14(17)4/h6-10,15H,1-5H3,(H,20,21). The maximum Gasteiger partial charge on any atom is 0.265 e. The Hall–Kier alpha value is -2.36. The molecule has 1 N–H and O–H groups in total. The summed E-state index contributed by atoms with van der Waals surface area (Å²) in [5.74, 6) is 0.511. The number of hydrogen-bond acceptors (Lipinski definition) is 3. The minimum atomic E-state index is -0.582. The third-order valence-corrected chi connectivity index (χ3v) is 3.45. The first-order valence-electron chi connectivity index (χ1n) is 7.36. The van der Waals surface area contributed by atoms with Crippen LogP contribution in [0.3, 0.4) is 0 Å². The van der Waals surface area contributed by atoms with Gasteiger partial charge in [-0.1, -0.05) is 12.1 Å². The van der Waals surface area contributed by atoms with Gasteiger partial charge in [0.1, 0.15) is 5.75 Å². The molecule has 0 fully saturated rings. The van der Waals surface area contributed by atoms with Gasteiger partial charge in [0.25, 0.3) is 5.91 Å². The Kier molecular flexibility index (Phi) is 4.81. The van der Waals surface area contributed by atoms with E-state index >= 15 is 0 Å². The van der Waals surface area contributed by atoms with Crippen molar-refractivity contribution >= 4 is 11.6 Å². The van der Waals surface area contributed by atoms with Gasteiger partial charge >= 0.3 is 0 Å². The molecule has 2 aromatic rings. The molecule has 0 aliphatic rings. The van der Waals surface area contributed by atoms with E-state index in [1.54, 1.807) is 6.92 Å². The van der Waals surface area contributed by atoms with Crippen LogP contribution in [0, 0.1) is 27.7 Å². The molecule has 1 amide bonds. The van der Waals surface area contributed by atoms with Gasteiger partial charge in [0.2, 0.25) is 0 Å². The molecule has 0 saturated carbocycles. The maximum absolute atomic E-state index is 12.3. The Morgan fingerprint density at radius 1 is 1.18 bits per heavy atom. The molecule has 0 spiro atoms. The molecule has 0 radical (unpaired) electrons. The third-order valence-electron chi connectivity index (χ3n) is 3.45. The Morgan fingerprint density at radius 2 is 1.91 bits per heavy atom. The monoisotopic (exact) mass is 298 g/mol. The van der Waals surface area contributed by atoms with Gasteiger partial charge in [-0.05, 0) is 63.9 Å². The number of carbonyl (C=O) groups excluding carboxylic acids is 1. The predicted octanol–water partition coefficient (Wildman–Crippen LogP) is 3.72. The van der Waals surface area contributed by atoms with E-state index < -0.39 is 6.10 Å². The first kappa shape index (κ1) is 16.0. The van der Waals surface area contributed by atoms with Crippen LogP contribution in [0.1, 0.15) is 29.4 Å². The van der Waals surface area contributed by atoms with Gasteiger partial charge in [-0.15, -0.1) is 0 Å². The van der Waals surface area contributed by atoms with Gasteiger partial charge in [0, 0.05) is 5.69 Å². The number of pyridine rings is 1. The lowest BCUT2D eigenvalue weighted by molar-refractivity contribution is -0.122. The van der Waals surface area contributed by atoms with Gasteiger partial charge in [-0.2, -0.15) is 0 Å². The number of ether oxygens (including phenoxy) is 1. The second-order valence-electron chi connectivity index (χ2n) is 5.61. The van der Waals surface area contributed by atoms with E-state index in [1.165, 1.54) is 0 Å². The molecular weight excluding hydrogens is 276 g/mol. The van der Waals surface area contributed by atoms with Crippen molar-refractivity contribution in [2.24, 2.45) is 0 Å². The molecule has 0 saturated heterocycles. The van der Waals surface area contributed by atoms with Gasteiger partial charge < -0.3 is 10.1 Å². The van der Waals surface area contributed by atoms with E-state index in [0.717, 1.165) is 28.2 Å². The first-order chi connectivity index (χ1) is 10.4. The van der Waals surface area contributed by atoms with Gasteiger partial charge in [-0.25, -0.2) is 0 Å². The lowest BCUT2D eigenvalue weighted by atomic mass is 10.1. The predicted molar refractivity (Wildman–Crippen MR) is 88.3 cm³/mol. The number of anilines is 1. The lowest BCUT2D eigenvalue weighted by Gasteiger charge is -2.17. The number of nitrogens with one attached hydrogen (secondary N) is 1. The molecule has 0 bridgehead atoms. The Labute approximate surface area is 131 Å². The van der Waals surface area contributed by atoms with Crippen LogP contribution in [0.2, 0.25) is 0 Å². The summed E-state index contributed by atoms with van der Waals surface area (Å²) >= 11 is 0. The van der Waals surface area contributed by atoms with Crippen LogP contribution >= 0.6 is 0 Å². The molecular formula is C18H22N2O2. The molecule has 2 rings (SSSR count). The van der Waals surface area contributed by atoms with Gasteiger partial charge in [0.05, 0.1) is 11.4 Å². The fourth-order valence-corrected chi connectivity index (χ4v) is 2.38. The number of carbonyl (C=O) groups is 1. The molecule has 1 aromatic heterocycles. The molecule has 4 nitrogen and oxygen atoms in total. The molecule has 0 aliphatic heterocycles. The summed E-state index contributed by atoms with van der Waals surface area (Å²) in [6, 6.07) is 9.61. The van der Waals surface area contributed by atoms with Crippen molar-refractivity contribution in [2.45, 2.75) is 40.7 Å². The average molecular weight is 298 g/mol. The molecule has 0 aliphatic carbocycles. The van der Waals surface area contributed by atoms with E-state index in [2.05, 4.69) is 10.3 Å². The van der Waals surface area contributed by atoms with Gasteiger partial charge in [-0.3, -0.25) is 9.78 Å². The fraction of sp³-hybridized carbons (Fsp3) is 0.333. The number of hydrogen-bond donors (Lipinski definition) is 1. The molecule has 1 atom stereocenters. The van der Waals surface area contributed by atoms with Crippen LogP contribution in [0.5, 0.6) is 5.75 Å². The van der Waals surface area contributed by atoms with Crippen LogP contribution in [0.4, 0.5) is 5.69 Å². The minimum Gasteiger partial charge on any atom is -0.481 e. The van der Waals surface area contributed by atoms with Crippen LogP contribution in [0.25, 0.3) is 0 Å². The largest absolute Gasteiger partial charge is 0.481 e. The van der Waals surface area contributed by atoms with Crippen molar-refractivity contribution in [3.63, 3.8) is 0 Å². The summed E-state index contributed by atoms with van der Waals surface area (Å²) in [4.78, 5) is 16.7. The highest BCUT2D eigenvalue weighted by Crippen LogP contribution is 2.20. The van der Waals surface area contributed by atoms with Crippen molar-refractivity contribution < 1.29 is 9.53 Å². The summed E-state index contributed by atoms with van der Waals surface area (Å²) in [5, 5.41) is 2.91. The van der Waals surface area contributed by atoms with Crippen LogP contribution in [-0.2, 0) is 4.79 Å². The van der Waals surface area contributed by atoms with Crippen molar-refractivity contribution in [3.8, 4) is 5.75 Å². The second-order valence-corrected chi connectivity index (χ2v) is 5.61. The molecule has 4 heteroatoms. The lowest BCUT2D eigenvalue weighted by Crippen LogP contribution is -2.30. The van der Waals surface area contributed by atoms with Crippen LogP contribution < -0.4 is 10.1 Å². The summed E-state index contributed by atoms with van der Waals surface area (Å²) in [6.07, 6.45) is -0.582. The smallest absolute Gasteiger partial charge is 0.265 e. The van der Waals surface area contributed by atoms with E-state index in [9.17, 15) is 4.79 Å². The normalized spacial score (nSPS) is 11.9. The molecule has 116 valence electrons. The van der Waals surface area contributed by atoms with Crippen molar-refractivity contribution in [1.82, 2.24) is 4.98 Å². The topological polar surface area (TPSA) is 51.2 Å². The molecule has 1 heterocycles.